The zero-order valence-electron chi connectivity index (χ0n) is 11.0. The Morgan fingerprint density at radius 1 is 1.22 bits per heavy atom. The largest absolute Gasteiger partial charge is 0.366 e. The van der Waals surface area contributed by atoms with Crippen molar-refractivity contribution in [2.45, 2.75) is 38.9 Å². The van der Waals surface area contributed by atoms with E-state index >= 15 is 0 Å². The Hall–Kier alpha value is -0.390. The van der Waals surface area contributed by atoms with E-state index < -0.39 is 0 Å². The Morgan fingerprint density at radius 2 is 1.78 bits per heavy atom. The highest BCUT2D eigenvalue weighted by atomic mass is 79.9. The molecule has 0 aromatic carbocycles. The minimum absolute atomic E-state index is 0.224. The minimum atomic E-state index is -0.224. The Balaban J connectivity index is 2.36. The molecule has 0 saturated carbocycles. The molecule has 0 amide bonds. The highest BCUT2D eigenvalue weighted by molar-refractivity contribution is 9.10. The maximum absolute atomic E-state index is 6.05. The van der Waals surface area contributed by atoms with E-state index in [1.54, 1.807) is 0 Å². The average Bonchev–Trinajstić information content (AvgIpc) is 2.17. The van der Waals surface area contributed by atoms with E-state index in [-0.39, 0.29) is 11.2 Å². The molecule has 0 N–H and O–H groups in total. The minimum Gasteiger partial charge on any atom is -0.366 e. The molecule has 1 fully saturated rings. The Morgan fingerprint density at radius 3 is 2.33 bits per heavy atom. The molecule has 1 aromatic rings. The van der Waals surface area contributed by atoms with E-state index in [2.05, 4.69) is 58.5 Å². The highest BCUT2D eigenvalue weighted by Gasteiger charge is 2.39. The van der Waals surface area contributed by atoms with Crippen LogP contribution in [0.2, 0.25) is 5.15 Å². The quantitative estimate of drug-likeness (QED) is 0.739. The van der Waals surface area contributed by atoms with Gasteiger partial charge in [-0.1, -0.05) is 11.6 Å². The molecule has 6 heteroatoms. The van der Waals surface area contributed by atoms with Crippen molar-refractivity contribution in [1.82, 2.24) is 9.97 Å². The normalized spacial score (nSPS) is 22.0. The van der Waals surface area contributed by atoms with Crippen molar-refractivity contribution in [3.8, 4) is 0 Å². The fourth-order valence-electron chi connectivity index (χ4n) is 2.50. The smallest absolute Gasteiger partial charge is 0.148 e. The number of halogens is 2. The van der Waals surface area contributed by atoms with Gasteiger partial charge in [-0.15, -0.1) is 0 Å². The maximum Gasteiger partial charge on any atom is 0.148 e. The molecule has 0 bridgehead atoms. The van der Waals surface area contributed by atoms with Gasteiger partial charge in [-0.25, -0.2) is 9.97 Å². The molecule has 0 aliphatic carbocycles. The second-order valence-electron chi connectivity index (χ2n) is 5.78. The molecule has 4 nitrogen and oxygen atoms in total. The number of rotatable bonds is 1. The van der Waals surface area contributed by atoms with Gasteiger partial charge in [0.25, 0.3) is 0 Å². The summed E-state index contributed by atoms with van der Waals surface area (Å²) in [7, 11) is 0. The van der Waals surface area contributed by atoms with Crippen LogP contribution in [-0.4, -0.2) is 34.3 Å². The van der Waals surface area contributed by atoms with Crippen molar-refractivity contribution in [2.24, 2.45) is 0 Å². The van der Waals surface area contributed by atoms with Gasteiger partial charge in [0.1, 0.15) is 17.3 Å². The van der Waals surface area contributed by atoms with Crippen LogP contribution < -0.4 is 4.90 Å². The molecule has 2 heterocycles. The summed E-state index contributed by atoms with van der Waals surface area (Å²) >= 11 is 9.47. The molecular weight excluding hydrogens is 318 g/mol. The zero-order valence-corrected chi connectivity index (χ0v) is 13.3. The van der Waals surface area contributed by atoms with Crippen LogP contribution in [0.3, 0.4) is 0 Å². The van der Waals surface area contributed by atoms with E-state index in [4.69, 9.17) is 16.3 Å². The lowest BCUT2D eigenvalue weighted by Gasteiger charge is -2.47. The number of anilines is 1. The van der Waals surface area contributed by atoms with Crippen molar-refractivity contribution >= 4 is 33.3 Å². The van der Waals surface area contributed by atoms with Gasteiger partial charge < -0.3 is 9.64 Å². The van der Waals surface area contributed by atoms with Gasteiger partial charge in [0.15, 0.2) is 0 Å². The van der Waals surface area contributed by atoms with Crippen molar-refractivity contribution in [3.05, 3.63) is 16.0 Å². The Kier molecular flexibility index (Phi) is 3.60. The van der Waals surface area contributed by atoms with Crippen molar-refractivity contribution < 1.29 is 4.74 Å². The van der Waals surface area contributed by atoms with E-state index in [9.17, 15) is 0 Å². The van der Waals surface area contributed by atoms with Gasteiger partial charge in [0.2, 0.25) is 0 Å². The molecule has 1 aromatic heterocycles. The standard InChI is InChI=1S/C12H17BrClN3O/c1-11(2)5-17(6-12(3,4)18-11)10-8(13)9(14)15-7-16-10/h7H,5-6H2,1-4H3. The molecule has 1 aliphatic heterocycles. The molecule has 2 rings (SSSR count). The first-order valence-electron chi connectivity index (χ1n) is 5.81. The van der Waals surface area contributed by atoms with Crippen LogP contribution in [0.25, 0.3) is 0 Å². The SMILES string of the molecule is CC1(C)CN(c2ncnc(Cl)c2Br)CC(C)(C)O1. The third kappa shape index (κ3) is 2.95. The van der Waals surface area contributed by atoms with Crippen molar-refractivity contribution in [3.63, 3.8) is 0 Å². The molecule has 0 radical (unpaired) electrons. The number of ether oxygens (including phenoxy) is 1. The lowest BCUT2D eigenvalue weighted by Crippen LogP contribution is -2.57. The Labute approximate surface area is 121 Å². The molecule has 100 valence electrons. The molecular formula is C12H17BrClN3O. The monoisotopic (exact) mass is 333 g/mol. The predicted octanol–water partition coefficient (Wildman–Crippen LogP) is 3.29. The summed E-state index contributed by atoms with van der Waals surface area (Å²) in [6.45, 7) is 9.86. The van der Waals surface area contributed by atoms with E-state index in [1.807, 2.05) is 0 Å². The summed E-state index contributed by atoms with van der Waals surface area (Å²) in [6, 6.07) is 0. The number of hydrogen-bond acceptors (Lipinski definition) is 4. The second kappa shape index (κ2) is 4.62. The van der Waals surface area contributed by atoms with Crippen LogP contribution in [0.1, 0.15) is 27.7 Å². The fourth-order valence-corrected chi connectivity index (χ4v) is 3.08. The summed E-state index contributed by atoms with van der Waals surface area (Å²) in [6.07, 6.45) is 1.48. The molecule has 0 unspecified atom stereocenters. The topological polar surface area (TPSA) is 38.2 Å². The van der Waals surface area contributed by atoms with E-state index in [0.29, 0.717) is 5.15 Å². The van der Waals surface area contributed by atoms with Gasteiger partial charge in [0, 0.05) is 13.1 Å². The van der Waals surface area contributed by atoms with E-state index in [1.165, 1.54) is 6.33 Å². The summed E-state index contributed by atoms with van der Waals surface area (Å²) in [5, 5.41) is 0.433. The molecule has 18 heavy (non-hydrogen) atoms. The highest BCUT2D eigenvalue weighted by Crippen LogP contribution is 2.35. The number of aromatic nitrogens is 2. The molecule has 1 saturated heterocycles. The second-order valence-corrected chi connectivity index (χ2v) is 6.93. The first kappa shape index (κ1) is 14.0. The fraction of sp³-hybridized carbons (Fsp3) is 0.667. The summed E-state index contributed by atoms with van der Waals surface area (Å²) in [4.78, 5) is 10.5. The van der Waals surface area contributed by atoms with Crippen LogP contribution >= 0.6 is 27.5 Å². The molecule has 1 aliphatic rings. The lowest BCUT2D eigenvalue weighted by atomic mass is 9.99. The van der Waals surface area contributed by atoms with Crippen molar-refractivity contribution in [1.29, 1.82) is 0 Å². The van der Waals surface area contributed by atoms with Crippen molar-refractivity contribution in [2.75, 3.05) is 18.0 Å². The van der Waals surface area contributed by atoms with E-state index in [0.717, 1.165) is 23.4 Å². The van der Waals surface area contributed by atoms with Crippen LogP contribution in [0, 0.1) is 0 Å². The lowest BCUT2D eigenvalue weighted by molar-refractivity contribution is -0.133. The first-order chi connectivity index (χ1) is 8.20. The Bertz CT molecular complexity index is 449. The van der Waals surface area contributed by atoms with Crippen LogP contribution in [-0.2, 0) is 4.74 Å². The summed E-state index contributed by atoms with van der Waals surface area (Å²) < 4.78 is 6.79. The molecule has 0 atom stereocenters. The first-order valence-corrected chi connectivity index (χ1v) is 6.98. The zero-order chi connectivity index (χ0) is 13.6. The van der Waals surface area contributed by atoms with Gasteiger partial charge in [-0.05, 0) is 43.6 Å². The van der Waals surface area contributed by atoms with Crippen LogP contribution in [0.5, 0.6) is 0 Å². The number of nitrogens with zero attached hydrogens (tertiary/aromatic N) is 3. The third-order valence-electron chi connectivity index (χ3n) is 2.72. The van der Waals surface area contributed by atoms with Gasteiger partial charge >= 0.3 is 0 Å². The van der Waals surface area contributed by atoms with Crippen LogP contribution in [0.15, 0.2) is 10.8 Å². The summed E-state index contributed by atoms with van der Waals surface area (Å²) in [5.41, 5.74) is -0.447. The third-order valence-corrected chi connectivity index (χ3v) is 3.97. The summed E-state index contributed by atoms with van der Waals surface area (Å²) in [5.74, 6) is 0.819. The number of hydrogen-bond donors (Lipinski definition) is 0. The predicted molar refractivity (Wildman–Crippen MR) is 76.2 cm³/mol. The average molecular weight is 335 g/mol. The van der Waals surface area contributed by atoms with Crippen LogP contribution in [0.4, 0.5) is 5.82 Å². The van der Waals surface area contributed by atoms with Gasteiger partial charge in [0.05, 0.1) is 15.7 Å². The molecule has 0 spiro atoms. The number of morpholine rings is 1. The maximum atomic E-state index is 6.05. The van der Waals surface area contributed by atoms with Gasteiger partial charge in [-0.2, -0.15) is 0 Å². The van der Waals surface area contributed by atoms with Gasteiger partial charge in [-0.3, -0.25) is 0 Å².